The van der Waals surface area contributed by atoms with Crippen LogP contribution in [0.1, 0.15) is 25.7 Å². The number of amides is 1. The fraction of sp³-hybridized carbons (Fsp3) is 0.818. The van der Waals surface area contributed by atoms with Crippen LogP contribution in [0.3, 0.4) is 0 Å². The van der Waals surface area contributed by atoms with Crippen molar-refractivity contribution in [3.05, 3.63) is 0 Å². The minimum absolute atomic E-state index is 0.0972. The van der Waals surface area contributed by atoms with E-state index < -0.39 is 5.60 Å². The molecule has 3 rings (SSSR count). The van der Waals surface area contributed by atoms with Crippen molar-refractivity contribution < 1.29 is 9.53 Å². The molecule has 80 valence electrons. The zero-order valence-corrected chi connectivity index (χ0v) is 8.66. The van der Waals surface area contributed by atoms with E-state index in [1.807, 2.05) is 11.0 Å². The van der Waals surface area contributed by atoms with Gasteiger partial charge in [0.05, 0.1) is 6.61 Å². The molecule has 1 aliphatic carbocycles. The Kier molecular flexibility index (Phi) is 1.67. The summed E-state index contributed by atoms with van der Waals surface area (Å²) in [6, 6.07) is 2.03. The van der Waals surface area contributed by atoms with E-state index in [0.717, 1.165) is 19.5 Å². The summed E-state index contributed by atoms with van der Waals surface area (Å²) in [7, 11) is 0. The van der Waals surface area contributed by atoms with Crippen LogP contribution in [-0.4, -0.2) is 36.1 Å². The van der Waals surface area contributed by atoms with E-state index in [0.29, 0.717) is 18.4 Å². The van der Waals surface area contributed by atoms with Gasteiger partial charge in [-0.15, -0.1) is 0 Å². The predicted octanol–water partition coefficient (Wildman–Crippen LogP) is 0.682. The first-order valence-corrected chi connectivity index (χ1v) is 5.54. The molecule has 1 spiro atoms. The standard InChI is InChI=1S/C11H14N2O2/c12-7-11(4-6-15-11)9(14)13-5-3-10(8-13)1-2-10/h1-6,8H2/t11-/m1/s1. The maximum atomic E-state index is 12.1. The van der Waals surface area contributed by atoms with E-state index in [9.17, 15) is 4.79 Å². The molecule has 4 nitrogen and oxygen atoms in total. The fourth-order valence-electron chi connectivity index (χ4n) is 2.56. The molecule has 0 aromatic heterocycles. The van der Waals surface area contributed by atoms with E-state index in [-0.39, 0.29) is 5.91 Å². The Bertz CT molecular complexity index is 350. The Balaban J connectivity index is 1.73. The van der Waals surface area contributed by atoms with Crippen LogP contribution in [0.25, 0.3) is 0 Å². The number of nitriles is 1. The maximum Gasteiger partial charge on any atom is 0.269 e. The lowest BCUT2D eigenvalue weighted by Crippen LogP contribution is -2.55. The van der Waals surface area contributed by atoms with Crippen LogP contribution in [0.5, 0.6) is 0 Å². The van der Waals surface area contributed by atoms with E-state index in [1.165, 1.54) is 12.8 Å². The van der Waals surface area contributed by atoms with E-state index in [2.05, 4.69) is 0 Å². The second-order valence-electron chi connectivity index (χ2n) is 5.01. The average Bonchev–Trinajstić information content (AvgIpc) is 2.75. The minimum atomic E-state index is -1.12. The van der Waals surface area contributed by atoms with Crippen molar-refractivity contribution in [2.45, 2.75) is 31.3 Å². The molecule has 2 aliphatic heterocycles. The predicted molar refractivity (Wildman–Crippen MR) is 51.8 cm³/mol. The number of carbonyl (C=O) groups is 1. The Hall–Kier alpha value is -1.08. The summed E-state index contributed by atoms with van der Waals surface area (Å²) < 4.78 is 5.18. The van der Waals surface area contributed by atoms with Gasteiger partial charge in [-0.3, -0.25) is 4.79 Å². The molecule has 2 saturated heterocycles. The summed E-state index contributed by atoms with van der Waals surface area (Å²) >= 11 is 0. The topological polar surface area (TPSA) is 53.3 Å². The van der Waals surface area contributed by atoms with Crippen LogP contribution in [-0.2, 0) is 9.53 Å². The number of hydrogen-bond donors (Lipinski definition) is 0. The molecule has 2 heterocycles. The molecular formula is C11H14N2O2. The van der Waals surface area contributed by atoms with Gasteiger partial charge in [-0.05, 0) is 24.7 Å². The highest BCUT2D eigenvalue weighted by Crippen LogP contribution is 2.53. The number of rotatable bonds is 1. The second-order valence-corrected chi connectivity index (χ2v) is 5.01. The Labute approximate surface area is 88.8 Å². The molecular weight excluding hydrogens is 192 g/mol. The molecule has 0 aromatic rings. The van der Waals surface area contributed by atoms with Crippen LogP contribution >= 0.6 is 0 Å². The number of likely N-dealkylation sites (tertiary alicyclic amines) is 1. The SMILES string of the molecule is N#C[C@@]1(C(=O)N2CCC3(CC3)C2)CCO1. The Morgan fingerprint density at radius 3 is 2.47 bits per heavy atom. The van der Waals surface area contributed by atoms with Gasteiger partial charge in [-0.1, -0.05) is 0 Å². The van der Waals surface area contributed by atoms with Gasteiger partial charge in [0.2, 0.25) is 5.60 Å². The molecule has 0 N–H and O–H groups in total. The highest BCUT2D eigenvalue weighted by Gasteiger charge is 2.54. The third-order valence-electron chi connectivity index (χ3n) is 4.01. The van der Waals surface area contributed by atoms with Crippen molar-refractivity contribution >= 4 is 5.91 Å². The van der Waals surface area contributed by atoms with Crippen LogP contribution in [0.4, 0.5) is 0 Å². The number of ether oxygens (including phenoxy) is 1. The molecule has 1 amide bonds. The first-order chi connectivity index (χ1) is 7.20. The Morgan fingerprint density at radius 1 is 1.33 bits per heavy atom. The van der Waals surface area contributed by atoms with Gasteiger partial charge >= 0.3 is 0 Å². The zero-order chi connectivity index (χ0) is 10.5. The summed E-state index contributed by atoms with van der Waals surface area (Å²) in [5, 5.41) is 8.99. The third-order valence-corrected chi connectivity index (χ3v) is 4.01. The lowest BCUT2D eigenvalue weighted by molar-refractivity contribution is -0.170. The van der Waals surface area contributed by atoms with Crippen molar-refractivity contribution in [3.8, 4) is 6.07 Å². The van der Waals surface area contributed by atoms with Crippen LogP contribution in [0.15, 0.2) is 0 Å². The molecule has 4 heteroatoms. The second kappa shape index (κ2) is 2.73. The van der Waals surface area contributed by atoms with Crippen LogP contribution < -0.4 is 0 Å². The normalized spacial score (nSPS) is 36.1. The van der Waals surface area contributed by atoms with Gasteiger partial charge in [-0.2, -0.15) is 5.26 Å². The van der Waals surface area contributed by atoms with E-state index >= 15 is 0 Å². The zero-order valence-electron chi connectivity index (χ0n) is 8.66. The highest BCUT2D eigenvalue weighted by molar-refractivity contribution is 5.89. The van der Waals surface area contributed by atoms with Gasteiger partial charge in [0, 0.05) is 19.5 Å². The smallest absolute Gasteiger partial charge is 0.269 e. The molecule has 15 heavy (non-hydrogen) atoms. The molecule has 3 fully saturated rings. The number of nitrogens with zero attached hydrogens (tertiary/aromatic N) is 2. The fourth-order valence-corrected chi connectivity index (χ4v) is 2.56. The molecule has 0 aromatic carbocycles. The summed E-state index contributed by atoms with van der Waals surface area (Å²) in [4.78, 5) is 13.9. The lowest BCUT2D eigenvalue weighted by atomic mass is 9.95. The van der Waals surface area contributed by atoms with Crippen molar-refractivity contribution in [2.75, 3.05) is 19.7 Å². The molecule has 1 saturated carbocycles. The largest absolute Gasteiger partial charge is 0.352 e. The van der Waals surface area contributed by atoms with Crippen molar-refractivity contribution in [1.29, 1.82) is 5.26 Å². The van der Waals surface area contributed by atoms with E-state index in [1.54, 1.807) is 0 Å². The van der Waals surface area contributed by atoms with Gasteiger partial charge in [0.1, 0.15) is 6.07 Å². The quantitative estimate of drug-likeness (QED) is 0.634. The van der Waals surface area contributed by atoms with Gasteiger partial charge in [0.15, 0.2) is 0 Å². The van der Waals surface area contributed by atoms with Gasteiger partial charge in [0.25, 0.3) is 5.91 Å². The van der Waals surface area contributed by atoms with E-state index in [4.69, 9.17) is 10.00 Å². The molecule has 0 unspecified atom stereocenters. The van der Waals surface area contributed by atoms with Gasteiger partial charge < -0.3 is 9.64 Å². The monoisotopic (exact) mass is 206 g/mol. The number of hydrogen-bond acceptors (Lipinski definition) is 3. The average molecular weight is 206 g/mol. The van der Waals surface area contributed by atoms with Crippen LogP contribution in [0, 0.1) is 16.7 Å². The number of carbonyl (C=O) groups excluding carboxylic acids is 1. The lowest BCUT2D eigenvalue weighted by Gasteiger charge is -2.36. The summed E-state index contributed by atoms with van der Waals surface area (Å²) in [6.07, 6.45) is 4.17. The molecule has 0 bridgehead atoms. The van der Waals surface area contributed by atoms with Crippen molar-refractivity contribution in [3.63, 3.8) is 0 Å². The minimum Gasteiger partial charge on any atom is -0.352 e. The molecule has 3 aliphatic rings. The highest BCUT2D eigenvalue weighted by atomic mass is 16.5. The van der Waals surface area contributed by atoms with Crippen LogP contribution in [0.2, 0.25) is 0 Å². The maximum absolute atomic E-state index is 12.1. The van der Waals surface area contributed by atoms with Crippen molar-refractivity contribution in [2.24, 2.45) is 5.41 Å². The third kappa shape index (κ3) is 1.19. The first-order valence-electron chi connectivity index (χ1n) is 5.54. The molecule has 1 atom stereocenters. The first kappa shape index (κ1) is 9.17. The Morgan fingerprint density at radius 2 is 2.07 bits per heavy atom. The van der Waals surface area contributed by atoms with Gasteiger partial charge in [-0.25, -0.2) is 0 Å². The summed E-state index contributed by atoms with van der Waals surface area (Å²) in [5.74, 6) is -0.0972. The van der Waals surface area contributed by atoms with Crippen molar-refractivity contribution in [1.82, 2.24) is 4.90 Å². The summed E-state index contributed by atoms with van der Waals surface area (Å²) in [6.45, 7) is 2.20. The summed E-state index contributed by atoms with van der Waals surface area (Å²) in [5.41, 5.74) is -0.698. The molecule has 0 radical (unpaired) electrons.